The summed E-state index contributed by atoms with van der Waals surface area (Å²) >= 11 is 0. The highest BCUT2D eigenvalue weighted by molar-refractivity contribution is 5.87. The lowest BCUT2D eigenvalue weighted by atomic mass is 9.93. The van der Waals surface area contributed by atoms with Crippen molar-refractivity contribution in [3.63, 3.8) is 0 Å². The van der Waals surface area contributed by atoms with Crippen molar-refractivity contribution in [2.24, 2.45) is 0 Å². The van der Waals surface area contributed by atoms with Gasteiger partial charge in [0.2, 0.25) is 0 Å². The van der Waals surface area contributed by atoms with Crippen LogP contribution in [-0.2, 0) is 10.3 Å². The molecule has 0 radical (unpaired) electrons. The Morgan fingerprint density at radius 1 is 1.33 bits per heavy atom. The molecule has 1 atom stereocenters. The number of nitrogens with one attached hydrogen (secondary N) is 1. The number of methoxy groups -OCH3 is 1. The molecule has 6 heteroatoms. The molecule has 1 heterocycles. The van der Waals surface area contributed by atoms with Crippen LogP contribution in [0.1, 0.15) is 23.0 Å². The number of aliphatic hydroxyl groups is 1. The molecule has 0 spiro atoms. The Balaban J connectivity index is 2.29. The molecule has 0 bridgehead atoms. The summed E-state index contributed by atoms with van der Waals surface area (Å²) in [5.74, 6) is -0.171. The highest BCUT2D eigenvalue weighted by Crippen LogP contribution is 2.24. The van der Waals surface area contributed by atoms with Crippen molar-refractivity contribution in [2.45, 2.75) is 12.5 Å². The van der Waals surface area contributed by atoms with E-state index in [1.165, 1.54) is 19.5 Å². The zero-order chi connectivity index (χ0) is 15.3. The Morgan fingerprint density at radius 2 is 2.05 bits per heavy atom. The minimum Gasteiger partial charge on any atom is -0.464 e. The van der Waals surface area contributed by atoms with Crippen molar-refractivity contribution < 1.29 is 14.6 Å². The van der Waals surface area contributed by atoms with Crippen molar-refractivity contribution in [3.05, 3.63) is 54.0 Å². The van der Waals surface area contributed by atoms with Gasteiger partial charge in [0, 0.05) is 0 Å². The van der Waals surface area contributed by atoms with Crippen LogP contribution in [0.25, 0.3) is 0 Å². The molecule has 6 nitrogen and oxygen atoms in total. The molecule has 21 heavy (non-hydrogen) atoms. The summed E-state index contributed by atoms with van der Waals surface area (Å²) in [6.45, 7) is 1.70. The van der Waals surface area contributed by atoms with Gasteiger partial charge in [0.25, 0.3) is 0 Å². The van der Waals surface area contributed by atoms with Crippen LogP contribution in [-0.4, -0.2) is 34.8 Å². The van der Waals surface area contributed by atoms with Crippen LogP contribution < -0.4 is 5.32 Å². The van der Waals surface area contributed by atoms with Gasteiger partial charge < -0.3 is 15.2 Å². The fourth-order valence-corrected chi connectivity index (χ4v) is 1.92. The zero-order valence-corrected chi connectivity index (χ0v) is 11.9. The number of aliphatic hydroxyl groups excluding tert-OH is 1. The first-order valence-corrected chi connectivity index (χ1v) is 6.44. The van der Waals surface area contributed by atoms with Crippen molar-refractivity contribution in [3.8, 4) is 0 Å². The molecule has 2 N–H and O–H groups in total. The van der Waals surface area contributed by atoms with Crippen molar-refractivity contribution >= 4 is 11.8 Å². The first-order valence-electron chi connectivity index (χ1n) is 6.44. The van der Waals surface area contributed by atoms with Crippen molar-refractivity contribution in [1.29, 1.82) is 0 Å². The average molecular weight is 287 g/mol. The molecular formula is C15H17N3O3. The molecule has 0 aliphatic rings. The molecular weight excluding hydrogens is 270 g/mol. The second-order valence-corrected chi connectivity index (χ2v) is 4.76. The number of benzene rings is 1. The highest BCUT2D eigenvalue weighted by atomic mass is 16.5. The number of ether oxygens (including phenoxy) is 1. The third kappa shape index (κ3) is 3.35. The van der Waals surface area contributed by atoms with Crippen molar-refractivity contribution in [2.75, 3.05) is 19.0 Å². The molecule has 0 saturated carbocycles. The molecule has 1 aromatic heterocycles. The average Bonchev–Trinajstić information content (AvgIpc) is 2.55. The van der Waals surface area contributed by atoms with E-state index in [0.29, 0.717) is 5.82 Å². The van der Waals surface area contributed by atoms with E-state index >= 15 is 0 Å². The molecule has 0 amide bonds. The number of carbonyl (C=O) groups is 1. The van der Waals surface area contributed by atoms with Crippen LogP contribution in [0.3, 0.4) is 0 Å². The number of esters is 1. The molecule has 0 aliphatic carbocycles. The van der Waals surface area contributed by atoms with E-state index in [1.807, 2.05) is 37.3 Å². The van der Waals surface area contributed by atoms with Crippen LogP contribution in [0.2, 0.25) is 0 Å². The Hall–Kier alpha value is -2.47. The number of anilines is 1. The summed E-state index contributed by atoms with van der Waals surface area (Å²) in [5.41, 5.74) is 0.277. The van der Waals surface area contributed by atoms with E-state index in [9.17, 15) is 9.90 Å². The Bertz CT molecular complexity index is 619. The number of hydrogen-bond donors (Lipinski definition) is 2. The van der Waals surface area contributed by atoms with Crippen LogP contribution in [0.4, 0.5) is 5.82 Å². The summed E-state index contributed by atoms with van der Waals surface area (Å²) in [5, 5.41) is 12.8. The van der Waals surface area contributed by atoms with Gasteiger partial charge in [0.15, 0.2) is 5.69 Å². The SMILES string of the molecule is COC(=O)c1cncc(NC(C)(CO)c2ccccc2)n1. The lowest BCUT2D eigenvalue weighted by Gasteiger charge is -2.29. The maximum absolute atomic E-state index is 11.5. The van der Waals surface area contributed by atoms with Crippen LogP contribution >= 0.6 is 0 Å². The summed E-state index contributed by atoms with van der Waals surface area (Å²) in [6.07, 6.45) is 2.82. The molecule has 2 rings (SSSR count). The predicted octanol–water partition coefficient (Wildman–Crippen LogP) is 1.58. The Labute approximate surface area is 122 Å². The van der Waals surface area contributed by atoms with Gasteiger partial charge >= 0.3 is 5.97 Å². The quantitative estimate of drug-likeness (QED) is 0.812. The van der Waals surface area contributed by atoms with E-state index < -0.39 is 11.5 Å². The van der Waals surface area contributed by atoms with Crippen LogP contribution in [0.15, 0.2) is 42.7 Å². The van der Waals surface area contributed by atoms with E-state index in [2.05, 4.69) is 20.0 Å². The largest absolute Gasteiger partial charge is 0.464 e. The lowest BCUT2D eigenvalue weighted by molar-refractivity contribution is 0.0593. The maximum atomic E-state index is 11.5. The minimum absolute atomic E-state index is 0.107. The fraction of sp³-hybridized carbons (Fsp3) is 0.267. The second kappa shape index (κ2) is 6.32. The van der Waals surface area contributed by atoms with Gasteiger partial charge in [-0.3, -0.25) is 4.98 Å². The number of rotatable bonds is 5. The number of carbonyl (C=O) groups excluding carboxylic acids is 1. The summed E-state index contributed by atoms with van der Waals surface area (Å²) < 4.78 is 4.61. The molecule has 1 unspecified atom stereocenters. The standard InChI is InChI=1S/C15H17N3O3/c1-15(10-19,11-6-4-3-5-7-11)18-13-9-16-8-12(17-13)14(20)21-2/h3-9,19H,10H2,1-2H3,(H,17,18). The number of hydrogen-bond acceptors (Lipinski definition) is 6. The minimum atomic E-state index is -0.731. The Kier molecular flexibility index (Phi) is 4.49. The Morgan fingerprint density at radius 3 is 2.67 bits per heavy atom. The number of aromatic nitrogens is 2. The van der Waals surface area contributed by atoms with E-state index in [-0.39, 0.29) is 12.3 Å². The smallest absolute Gasteiger partial charge is 0.358 e. The van der Waals surface area contributed by atoms with Crippen LogP contribution in [0, 0.1) is 0 Å². The van der Waals surface area contributed by atoms with Gasteiger partial charge in [-0.15, -0.1) is 0 Å². The monoisotopic (exact) mass is 287 g/mol. The molecule has 0 saturated heterocycles. The van der Waals surface area contributed by atoms with Crippen LogP contribution in [0.5, 0.6) is 0 Å². The van der Waals surface area contributed by atoms with E-state index in [4.69, 9.17) is 0 Å². The summed E-state index contributed by atoms with van der Waals surface area (Å²) in [7, 11) is 1.28. The van der Waals surface area contributed by atoms with Gasteiger partial charge in [-0.05, 0) is 12.5 Å². The summed E-state index contributed by atoms with van der Waals surface area (Å²) in [4.78, 5) is 19.6. The summed E-state index contributed by atoms with van der Waals surface area (Å²) in [6, 6.07) is 9.49. The highest BCUT2D eigenvalue weighted by Gasteiger charge is 2.26. The third-order valence-corrected chi connectivity index (χ3v) is 3.16. The van der Waals surface area contributed by atoms with Gasteiger partial charge in [-0.1, -0.05) is 30.3 Å². The zero-order valence-electron chi connectivity index (χ0n) is 11.9. The fourth-order valence-electron chi connectivity index (χ4n) is 1.92. The first-order chi connectivity index (χ1) is 10.1. The molecule has 2 aromatic rings. The second-order valence-electron chi connectivity index (χ2n) is 4.76. The topological polar surface area (TPSA) is 84.3 Å². The molecule has 0 fully saturated rings. The van der Waals surface area contributed by atoms with Gasteiger partial charge in [-0.2, -0.15) is 0 Å². The van der Waals surface area contributed by atoms with Gasteiger partial charge in [0.1, 0.15) is 5.82 Å². The predicted molar refractivity (Wildman–Crippen MR) is 77.9 cm³/mol. The first kappa shape index (κ1) is 14.9. The third-order valence-electron chi connectivity index (χ3n) is 3.16. The van der Waals surface area contributed by atoms with E-state index in [1.54, 1.807) is 0 Å². The number of nitrogens with zero attached hydrogens (tertiary/aromatic N) is 2. The lowest BCUT2D eigenvalue weighted by Crippen LogP contribution is -2.36. The molecule has 0 aliphatic heterocycles. The maximum Gasteiger partial charge on any atom is 0.358 e. The van der Waals surface area contributed by atoms with Gasteiger partial charge in [0.05, 0.1) is 31.6 Å². The molecule has 1 aromatic carbocycles. The normalized spacial score (nSPS) is 13.3. The molecule has 110 valence electrons. The van der Waals surface area contributed by atoms with Gasteiger partial charge in [-0.25, -0.2) is 9.78 Å². The van der Waals surface area contributed by atoms with Crippen molar-refractivity contribution in [1.82, 2.24) is 9.97 Å². The van der Waals surface area contributed by atoms with E-state index in [0.717, 1.165) is 5.56 Å².